The van der Waals surface area contributed by atoms with Crippen LogP contribution in [0.2, 0.25) is 0 Å². The van der Waals surface area contributed by atoms with Gasteiger partial charge in [0.2, 0.25) is 0 Å². The van der Waals surface area contributed by atoms with Gasteiger partial charge in [0, 0.05) is 12.8 Å². The molecule has 0 atom stereocenters. The lowest BCUT2D eigenvalue weighted by atomic mass is 10.1. The number of benzene rings is 1. The number of ketones is 2. The van der Waals surface area contributed by atoms with E-state index in [1.807, 2.05) is 43.3 Å². The minimum Gasteiger partial charge on any atom is -0.300 e. The smallest absolute Gasteiger partial charge is 0.129 e. The van der Waals surface area contributed by atoms with E-state index >= 15 is 0 Å². The van der Waals surface area contributed by atoms with Crippen molar-refractivity contribution in [2.75, 3.05) is 0 Å². The third-order valence-electron chi connectivity index (χ3n) is 2.95. The fourth-order valence-corrected chi connectivity index (χ4v) is 1.23. The predicted molar refractivity (Wildman–Crippen MR) is 107 cm³/mol. The summed E-state index contributed by atoms with van der Waals surface area (Å²) >= 11 is 0. The second-order valence-corrected chi connectivity index (χ2v) is 6.20. The van der Waals surface area contributed by atoms with Crippen LogP contribution in [0.15, 0.2) is 36.4 Å². The van der Waals surface area contributed by atoms with Gasteiger partial charge in [-0.1, -0.05) is 90.3 Å². The van der Waals surface area contributed by atoms with E-state index in [0.29, 0.717) is 18.1 Å². The van der Waals surface area contributed by atoms with E-state index < -0.39 is 0 Å². The fraction of sp³-hybridized carbons (Fsp3) is 0.636. The highest BCUT2D eigenvalue weighted by molar-refractivity contribution is 5.75. The van der Waals surface area contributed by atoms with Crippen molar-refractivity contribution in [2.45, 2.75) is 87.0 Å². The molecule has 0 saturated heterocycles. The topological polar surface area (TPSA) is 34.1 Å². The van der Waals surface area contributed by atoms with Crippen molar-refractivity contribution in [3.05, 3.63) is 36.4 Å². The van der Waals surface area contributed by atoms with Gasteiger partial charge < -0.3 is 9.59 Å². The highest BCUT2D eigenvalue weighted by Gasteiger charge is 1.95. The molecule has 1 rings (SSSR count). The highest BCUT2D eigenvalue weighted by atomic mass is 16.1. The molecule has 0 aliphatic heterocycles. The van der Waals surface area contributed by atoms with Crippen molar-refractivity contribution in [1.29, 1.82) is 0 Å². The van der Waals surface area contributed by atoms with Crippen molar-refractivity contribution in [1.82, 2.24) is 0 Å². The third kappa shape index (κ3) is 42.8. The maximum atomic E-state index is 10.3. The van der Waals surface area contributed by atoms with E-state index in [1.54, 1.807) is 13.8 Å². The van der Waals surface area contributed by atoms with E-state index in [-0.39, 0.29) is 5.78 Å². The number of carbonyl (C=O) groups is 2. The maximum Gasteiger partial charge on any atom is 0.129 e. The zero-order chi connectivity index (χ0) is 19.2. The van der Waals surface area contributed by atoms with Crippen molar-refractivity contribution in [3.63, 3.8) is 0 Å². The van der Waals surface area contributed by atoms with Crippen LogP contribution in [0, 0.1) is 5.92 Å². The van der Waals surface area contributed by atoms with Gasteiger partial charge in [0.05, 0.1) is 0 Å². The third-order valence-corrected chi connectivity index (χ3v) is 2.95. The Labute approximate surface area is 151 Å². The van der Waals surface area contributed by atoms with Crippen LogP contribution >= 0.6 is 0 Å². The van der Waals surface area contributed by atoms with E-state index in [2.05, 4.69) is 27.7 Å². The van der Waals surface area contributed by atoms with Crippen molar-refractivity contribution >= 4 is 11.6 Å². The average molecular weight is 337 g/mol. The zero-order valence-electron chi connectivity index (χ0n) is 17.1. The molecule has 24 heavy (non-hydrogen) atoms. The van der Waals surface area contributed by atoms with Gasteiger partial charge in [0.1, 0.15) is 11.6 Å². The minimum absolute atomic E-state index is 0.255. The predicted octanol–water partition coefficient (Wildman–Crippen LogP) is 6.88. The van der Waals surface area contributed by atoms with E-state index in [1.165, 1.54) is 19.3 Å². The molecule has 0 unspecified atom stereocenters. The monoisotopic (exact) mass is 336 g/mol. The van der Waals surface area contributed by atoms with Crippen LogP contribution in [0.3, 0.4) is 0 Å². The summed E-state index contributed by atoms with van der Waals surface area (Å²) in [5.74, 6) is 1.22. The Hall–Kier alpha value is -1.44. The maximum absolute atomic E-state index is 10.3. The summed E-state index contributed by atoms with van der Waals surface area (Å²) in [4.78, 5) is 20.2. The molecule has 0 fully saturated rings. The Morgan fingerprint density at radius 2 is 1.08 bits per heavy atom. The first-order chi connectivity index (χ1) is 11.3. The van der Waals surface area contributed by atoms with Gasteiger partial charge in [-0.05, 0) is 26.2 Å². The molecule has 0 amide bonds. The summed E-state index contributed by atoms with van der Waals surface area (Å²) in [6, 6.07) is 12.0. The van der Waals surface area contributed by atoms with E-state index in [9.17, 15) is 9.59 Å². The summed E-state index contributed by atoms with van der Waals surface area (Å²) < 4.78 is 0. The molecule has 1 aromatic rings. The van der Waals surface area contributed by atoms with Gasteiger partial charge in [0.25, 0.3) is 0 Å². The Morgan fingerprint density at radius 1 is 0.750 bits per heavy atom. The molecule has 0 bridgehead atoms. The molecule has 0 radical (unpaired) electrons. The van der Waals surface area contributed by atoms with Crippen LogP contribution in [-0.4, -0.2) is 11.6 Å². The number of carbonyl (C=O) groups excluding carboxylic acids is 2. The first-order valence-electron chi connectivity index (χ1n) is 9.30. The lowest BCUT2D eigenvalue weighted by Gasteiger charge is -1.98. The molecule has 0 spiro atoms. The molecule has 0 heterocycles. The first-order valence-corrected chi connectivity index (χ1v) is 9.30. The molecule has 0 aromatic heterocycles. The van der Waals surface area contributed by atoms with Crippen LogP contribution in [0.25, 0.3) is 0 Å². The highest BCUT2D eigenvalue weighted by Crippen LogP contribution is 2.02. The second-order valence-electron chi connectivity index (χ2n) is 6.20. The summed E-state index contributed by atoms with van der Waals surface area (Å²) in [5.41, 5.74) is 0. The largest absolute Gasteiger partial charge is 0.300 e. The number of rotatable bonds is 6. The molecule has 2 nitrogen and oxygen atoms in total. The summed E-state index contributed by atoms with van der Waals surface area (Å²) in [6.07, 6.45) is 6.53. The van der Waals surface area contributed by atoms with Crippen molar-refractivity contribution < 1.29 is 9.59 Å². The molecule has 140 valence electrons. The van der Waals surface area contributed by atoms with E-state index in [0.717, 1.165) is 12.8 Å². The van der Waals surface area contributed by atoms with Crippen LogP contribution in [0.4, 0.5) is 0 Å². The lowest BCUT2D eigenvalue weighted by molar-refractivity contribution is -0.117. The summed E-state index contributed by atoms with van der Waals surface area (Å²) in [7, 11) is 0. The molecule has 1 aromatic carbocycles. The average Bonchev–Trinajstić information content (AvgIpc) is 2.57. The normalized spacial score (nSPS) is 8.67. The Bertz CT molecular complexity index is 327. The number of Topliss-reactive ketones (excluding diaryl/α,β-unsaturated/α-hetero) is 2. The SMILES string of the molecule is CC(=O)CCC(C)C.CCC(C)=O.CCCCC.c1ccccc1. The van der Waals surface area contributed by atoms with Crippen LogP contribution in [0.1, 0.15) is 87.0 Å². The van der Waals surface area contributed by atoms with Crippen LogP contribution in [0.5, 0.6) is 0 Å². The van der Waals surface area contributed by atoms with Crippen LogP contribution in [-0.2, 0) is 9.59 Å². The molecular weight excluding hydrogens is 296 g/mol. The Balaban J connectivity index is -0.000000250. The second kappa shape index (κ2) is 23.8. The zero-order valence-corrected chi connectivity index (χ0v) is 17.1. The van der Waals surface area contributed by atoms with Crippen molar-refractivity contribution in [2.24, 2.45) is 5.92 Å². The first kappa shape index (κ1) is 27.4. The summed E-state index contributed by atoms with van der Waals surface area (Å²) in [5, 5.41) is 0. The number of hydrogen-bond acceptors (Lipinski definition) is 2. The molecule has 0 N–H and O–H groups in total. The fourth-order valence-electron chi connectivity index (χ4n) is 1.23. The van der Waals surface area contributed by atoms with Crippen molar-refractivity contribution in [3.8, 4) is 0 Å². The van der Waals surface area contributed by atoms with Crippen LogP contribution < -0.4 is 0 Å². The molecular formula is C22H40O2. The Kier molecular flexibility index (Phi) is 27.2. The molecule has 0 aliphatic carbocycles. The van der Waals surface area contributed by atoms with Gasteiger partial charge in [0.15, 0.2) is 0 Å². The minimum atomic E-state index is 0.255. The van der Waals surface area contributed by atoms with Gasteiger partial charge in [-0.2, -0.15) is 0 Å². The Morgan fingerprint density at radius 3 is 1.17 bits per heavy atom. The standard InChI is InChI=1S/C7H14O.C6H6.C5H12.C4H8O/c1-6(2)4-5-7(3)8;1-2-4-6-5-3-1;1-3-5-4-2;1-3-4(2)5/h6H,4-5H2,1-3H3;1-6H;3-5H2,1-2H3;3H2,1-2H3. The quantitative estimate of drug-likeness (QED) is 0.567. The number of unbranched alkanes of at least 4 members (excludes halogenated alkanes) is 2. The van der Waals surface area contributed by atoms with Gasteiger partial charge in [-0.25, -0.2) is 0 Å². The summed E-state index contributed by atoms with van der Waals surface area (Å²) in [6.45, 7) is 13.8. The molecule has 0 saturated carbocycles. The molecule has 0 aliphatic rings. The van der Waals surface area contributed by atoms with Gasteiger partial charge in [-0.15, -0.1) is 0 Å². The van der Waals surface area contributed by atoms with E-state index in [4.69, 9.17) is 0 Å². The van der Waals surface area contributed by atoms with Gasteiger partial charge in [-0.3, -0.25) is 0 Å². The molecule has 2 heteroatoms. The number of hydrogen-bond donors (Lipinski definition) is 0. The van der Waals surface area contributed by atoms with Gasteiger partial charge >= 0.3 is 0 Å². The lowest BCUT2D eigenvalue weighted by Crippen LogP contribution is -1.93.